The van der Waals surface area contributed by atoms with Gasteiger partial charge in [-0.2, -0.15) is 0 Å². The molecule has 1 aromatic carbocycles. The van der Waals surface area contributed by atoms with E-state index >= 15 is 0 Å². The summed E-state index contributed by atoms with van der Waals surface area (Å²) in [5, 5.41) is 12.3. The van der Waals surface area contributed by atoms with Crippen LogP contribution in [0.4, 0.5) is 10.5 Å². The van der Waals surface area contributed by atoms with Crippen LogP contribution in [0.3, 0.4) is 0 Å². The summed E-state index contributed by atoms with van der Waals surface area (Å²) in [7, 11) is 0. The third-order valence-corrected chi connectivity index (χ3v) is 3.05. The number of hydrogen-bond acceptors (Lipinski definition) is 4. The predicted octanol–water partition coefficient (Wildman–Crippen LogP) is 2.42. The van der Waals surface area contributed by atoms with Crippen molar-refractivity contribution < 1.29 is 19.4 Å². The first-order chi connectivity index (χ1) is 9.76. The Morgan fingerprint density at radius 3 is 2.48 bits per heavy atom. The molecule has 0 aromatic heterocycles. The van der Waals surface area contributed by atoms with Crippen LogP contribution in [-0.4, -0.2) is 46.8 Å². The molecule has 0 atom stereocenters. The Hall–Kier alpha value is -2.24. The Balaban J connectivity index is 1.89. The molecule has 0 unspecified atom stereocenters. The quantitative estimate of drug-likeness (QED) is 0.894. The van der Waals surface area contributed by atoms with Crippen molar-refractivity contribution in [1.82, 2.24) is 4.90 Å². The van der Waals surface area contributed by atoms with E-state index in [0.29, 0.717) is 18.8 Å². The normalized spacial score (nSPS) is 15.3. The molecule has 2 N–H and O–H groups in total. The maximum atomic E-state index is 11.8. The standard InChI is InChI=1S/C15H20N2O4/c1-15(2,3)21-14(20)17-8-10(9-17)16-12-7-5-4-6-11(12)13(18)19/h4-7,10,16H,8-9H2,1-3H3,(H,18,19). The van der Waals surface area contributed by atoms with Crippen molar-refractivity contribution in [3.8, 4) is 0 Å². The highest BCUT2D eigenvalue weighted by molar-refractivity contribution is 5.94. The molecular formula is C15H20N2O4. The minimum atomic E-state index is -0.971. The van der Waals surface area contributed by atoms with Gasteiger partial charge in [0, 0.05) is 18.8 Å². The summed E-state index contributed by atoms with van der Waals surface area (Å²) in [5.41, 5.74) is 0.290. The number of aromatic carboxylic acids is 1. The molecule has 114 valence electrons. The fourth-order valence-electron chi connectivity index (χ4n) is 2.06. The van der Waals surface area contributed by atoms with Gasteiger partial charge in [-0.3, -0.25) is 0 Å². The lowest BCUT2D eigenvalue weighted by molar-refractivity contribution is 0.0104. The van der Waals surface area contributed by atoms with Crippen molar-refractivity contribution in [2.24, 2.45) is 0 Å². The number of nitrogens with zero attached hydrogens (tertiary/aromatic N) is 1. The zero-order valence-electron chi connectivity index (χ0n) is 12.4. The van der Waals surface area contributed by atoms with E-state index in [2.05, 4.69) is 5.32 Å². The second kappa shape index (κ2) is 5.63. The minimum Gasteiger partial charge on any atom is -0.478 e. The van der Waals surface area contributed by atoms with Crippen molar-refractivity contribution in [2.75, 3.05) is 18.4 Å². The first kappa shape index (κ1) is 15.2. The molecule has 1 aliphatic heterocycles. The van der Waals surface area contributed by atoms with Gasteiger partial charge < -0.3 is 20.1 Å². The first-order valence-electron chi connectivity index (χ1n) is 6.83. The van der Waals surface area contributed by atoms with Gasteiger partial charge in [-0.05, 0) is 32.9 Å². The molecular weight excluding hydrogens is 272 g/mol. The van der Waals surface area contributed by atoms with E-state index in [0.717, 1.165) is 0 Å². The minimum absolute atomic E-state index is 0.0398. The molecule has 21 heavy (non-hydrogen) atoms. The van der Waals surface area contributed by atoms with Gasteiger partial charge in [0.25, 0.3) is 0 Å². The molecule has 0 aliphatic carbocycles. The van der Waals surface area contributed by atoms with Crippen molar-refractivity contribution >= 4 is 17.7 Å². The Morgan fingerprint density at radius 2 is 1.90 bits per heavy atom. The molecule has 0 bridgehead atoms. The summed E-state index contributed by atoms with van der Waals surface area (Å²) in [6.07, 6.45) is -0.341. The van der Waals surface area contributed by atoms with Crippen LogP contribution >= 0.6 is 0 Å². The van der Waals surface area contributed by atoms with Crippen molar-refractivity contribution in [2.45, 2.75) is 32.4 Å². The van der Waals surface area contributed by atoms with Gasteiger partial charge in [-0.1, -0.05) is 12.1 Å². The highest BCUT2D eigenvalue weighted by Gasteiger charge is 2.34. The fourth-order valence-corrected chi connectivity index (χ4v) is 2.06. The molecule has 2 rings (SSSR count). The second-order valence-electron chi connectivity index (χ2n) is 6.08. The van der Waals surface area contributed by atoms with Gasteiger partial charge in [0.15, 0.2) is 0 Å². The molecule has 6 nitrogen and oxygen atoms in total. The van der Waals surface area contributed by atoms with Crippen LogP contribution in [0.25, 0.3) is 0 Å². The molecule has 0 saturated carbocycles. The van der Waals surface area contributed by atoms with E-state index in [4.69, 9.17) is 9.84 Å². The number of benzene rings is 1. The predicted molar refractivity (Wildman–Crippen MR) is 78.6 cm³/mol. The monoisotopic (exact) mass is 292 g/mol. The topological polar surface area (TPSA) is 78.9 Å². The Labute approximate surface area is 123 Å². The zero-order valence-corrected chi connectivity index (χ0v) is 12.4. The third-order valence-electron chi connectivity index (χ3n) is 3.05. The highest BCUT2D eigenvalue weighted by atomic mass is 16.6. The number of carboxylic acid groups (broad SMARTS) is 1. The van der Waals surface area contributed by atoms with Crippen LogP contribution < -0.4 is 5.32 Å². The lowest BCUT2D eigenvalue weighted by Crippen LogP contribution is -2.58. The number of nitrogens with one attached hydrogen (secondary N) is 1. The van der Waals surface area contributed by atoms with Gasteiger partial charge in [0.05, 0.1) is 11.6 Å². The van der Waals surface area contributed by atoms with E-state index in [1.54, 1.807) is 29.2 Å². The zero-order chi connectivity index (χ0) is 15.6. The molecule has 1 aromatic rings. The molecule has 1 fully saturated rings. The average Bonchev–Trinajstić information content (AvgIpc) is 2.31. The SMILES string of the molecule is CC(C)(C)OC(=O)N1CC(Nc2ccccc2C(=O)O)C1. The highest BCUT2D eigenvalue weighted by Crippen LogP contribution is 2.21. The maximum Gasteiger partial charge on any atom is 0.410 e. The smallest absolute Gasteiger partial charge is 0.410 e. The van der Waals surface area contributed by atoms with Crippen LogP contribution in [0.15, 0.2) is 24.3 Å². The van der Waals surface area contributed by atoms with E-state index in [-0.39, 0.29) is 17.7 Å². The molecule has 0 spiro atoms. The summed E-state index contributed by atoms with van der Waals surface area (Å²) in [4.78, 5) is 24.5. The summed E-state index contributed by atoms with van der Waals surface area (Å²) in [5.74, 6) is -0.971. The van der Waals surface area contributed by atoms with Crippen LogP contribution in [-0.2, 0) is 4.74 Å². The molecule has 1 aliphatic rings. The lowest BCUT2D eigenvalue weighted by atomic mass is 10.1. The summed E-state index contributed by atoms with van der Waals surface area (Å²) >= 11 is 0. The number of carboxylic acids is 1. The van der Waals surface area contributed by atoms with Gasteiger partial charge >= 0.3 is 12.1 Å². The van der Waals surface area contributed by atoms with Gasteiger partial charge in [0.1, 0.15) is 5.60 Å². The Bertz CT molecular complexity index is 545. The molecule has 6 heteroatoms. The average molecular weight is 292 g/mol. The maximum absolute atomic E-state index is 11.8. The van der Waals surface area contributed by atoms with Crippen LogP contribution in [0.5, 0.6) is 0 Å². The van der Waals surface area contributed by atoms with Crippen LogP contribution in [0.2, 0.25) is 0 Å². The number of rotatable bonds is 3. The van der Waals surface area contributed by atoms with Crippen molar-refractivity contribution in [3.05, 3.63) is 29.8 Å². The van der Waals surface area contributed by atoms with Crippen molar-refractivity contribution in [3.63, 3.8) is 0 Å². The Kier molecular flexibility index (Phi) is 4.06. The Morgan fingerprint density at radius 1 is 1.29 bits per heavy atom. The summed E-state index contributed by atoms with van der Waals surface area (Å²) < 4.78 is 5.27. The van der Waals surface area contributed by atoms with E-state index < -0.39 is 11.6 Å². The molecule has 1 amide bonds. The molecule has 1 heterocycles. The second-order valence-corrected chi connectivity index (χ2v) is 6.08. The first-order valence-corrected chi connectivity index (χ1v) is 6.83. The van der Waals surface area contributed by atoms with Crippen LogP contribution in [0, 0.1) is 0 Å². The fraction of sp³-hybridized carbons (Fsp3) is 0.467. The number of carbonyl (C=O) groups is 2. The van der Waals surface area contributed by atoms with Crippen LogP contribution in [0.1, 0.15) is 31.1 Å². The number of hydrogen-bond donors (Lipinski definition) is 2. The van der Waals surface area contributed by atoms with Gasteiger partial charge in [-0.25, -0.2) is 9.59 Å². The van der Waals surface area contributed by atoms with Gasteiger partial charge in [0.2, 0.25) is 0 Å². The van der Waals surface area contributed by atoms with Gasteiger partial charge in [-0.15, -0.1) is 0 Å². The number of ether oxygens (including phenoxy) is 1. The number of carbonyl (C=O) groups excluding carboxylic acids is 1. The molecule has 0 radical (unpaired) electrons. The largest absolute Gasteiger partial charge is 0.478 e. The number of amides is 1. The third kappa shape index (κ3) is 3.87. The summed E-state index contributed by atoms with van der Waals surface area (Å²) in [6.45, 7) is 6.47. The van der Waals surface area contributed by atoms with E-state index in [1.165, 1.54) is 0 Å². The van der Waals surface area contributed by atoms with E-state index in [9.17, 15) is 9.59 Å². The van der Waals surface area contributed by atoms with Crippen molar-refractivity contribution in [1.29, 1.82) is 0 Å². The lowest BCUT2D eigenvalue weighted by Gasteiger charge is -2.40. The molecule has 1 saturated heterocycles. The number of para-hydroxylation sites is 1. The summed E-state index contributed by atoms with van der Waals surface area (Å²) in [6, 6.07) is 6.77. The van der Waals surface area contributed by atoms with E-state index in [1.807, 2.05) is 20.8 Å². The number of likely N-dealkylation sites (tertiary alicyclic amines) is 1. The number of anilines is 1.